The molecule has 2 aromatic carbocycles. The highest BCUT2D eigenvalue weighted by Crippen LogP contribution is 2.44. The molecule has 1 aliphatic heterocycles. The second-order valence-corrected chi connectivity index (χ2v) is 13.7. The van der Waals surface area contributed by atoms with E-state index in [0.717, 1.165) is 43.4 Å². The Morgan fingerprint density at radius 2 is 1.63 bits per heavy atom. The highest BCUT2D eigenvalue weighted by Gasteiger charge is 2.42. The van der Waals surface area contributed by atoms with Gasteiger partial charge in [-0.2, -0.15) is 0 Å². The summed E-state index contributed by atoms with van der Waals surface area (Å²) in [7, 11) is 0. The molecule has 1 atom stereocenters. The van der Waals surface area contributed by atoms with E-state index in [1.807, 2.05) is 62.1 Å². The van der Waals surface area contributed by atoms with Crippen molar-refractivity contribution < 1.29 is 29.3 Å². The van der Waals surface area contributed by atoms with Crippen molar-refractivity contribution in [3.63, 3.8) is 0 Å². The van der Waals surface area contributed by atoms with Gasteiger partial charge in [0, 0.05) is 30.5 Å². The van der Waals surface area contributed by atoms with Crippen molar-refractivity contribution in [1.82, 2.24) is 4.90 Å². The lowest BCUT2D eigenvalue weighted by Crippen LogP contribution is -2.47. The monoisotopic (exact) mass is 565 g/mol. The van der Waals surface area contributed by atoms with Gasteiger partial charge in [-0.15, -0.1) is 0 Å². The highest BCUT2D eigenvalue weighted by molar-refractivity contribution is 5.81. The lowest BCUT2D eigenvalue weighted by atomic mass is 9.67. The average Bonchev–Trinajstić information content (AvgIpc) is 2.91. The molecular weight excluding hydrogens is 518 g/mol. The van der Waals surface area contributed by atoms with Crippen LogP contribution >= 0.6 is 0 Å². The van der Waals surface area contributed by atoms with Crippen molar-refractivity contribution in [2.75, 3.05) is 13.2 Å². The Labute approximate surface area is 244 Å². The number of carbonyl (C=O) groups excluding carboxylic acids is 1. The smallest absolute Gasteiger partial charge is 0.306 e. The van der Waals surface area contributed by atoms with Crippen LogP contribution in [0.15, 0.2) is 48.5 Å². The van der Waals surface area contributed by atoms with Crippen LogP contribution in [0.1, 0.15) is 90.7 Å². The summed E-state index contributed by atoms with van der Waals surface area (Å²) < 4.78 is 12.2. The van der Waals surface area contributed by atoms with Crippen LogP contribution in [0.4, 0.5) is 0 Å². The number of aliphatic carboxylic acids is 1. The SMILES string of the molecule is CC1(C)CC(CCN(Cc2ccc(OC3CCC(C(=O)O)CC3)cc2)C(=O)C(C)(C)C)(c2ccc(O)cc2)CCO1. The first-order valence-electron chi connectivity index (χ1n) is 15.0. The average molecular weight is 566 g/mol. The number of phenolic OH excluding ortho intramolecular Hbond substituents is 1. The van der Waals surface area contributed by atoms with E-state index >= 15 is 0 Å². The normalized spacial score (nSPS) is 24.4. The molecule has 0 spiro atoms. The molecule has 1 saturated heterocycles. The third-order valence-corrected chi connectivity index (χ3v) is 8.73. The lowest BCUT2D eigenvalue weighted by Gasteiger charge is -2.46. The molecule has 41 heavy (non-hydrogen) atoms. The van der Waals surface area contributed by atoms with Crippen molar-refractivity contribution in [3.8, 4) is 11.5 Å². The van der Waals surface area contributed by atoms with E-state index in [0.29, 0.717) is 32.5 Å². The zero-order valence-corrected chi connectivity index (χ0v) is 25.3. The lowest BCUT2D eigenvalue weighted by molar-refractivity contribution is -0.143. The van der Waals surface area contributed by atoms with E-state index < -0.39 is 11.4 Å². The molecule has 1 aliphatic carbocycles. The van der Waals surface area contributed by atoms with E-state index in [-0.39, 0.29) is 34.7 Å². The molecule has 1 saturated carbocycles. The Morgan fingerprint density at radius 1 is 1.00 bits per heavy atom. The number of carboxylic acids is 1. The number of hydrogen-bond donors (Lipinski definition) is 2. The number of carboxylic acid groups (broad SMARTS) is 1. The molecule has 7 nitrogen and oxygen atoms in total. The molecule has 1 heterocycles. The molecule has 0 bridgehead atoms. The minimum atomic E-state index is -0.711. The first-order chi connectivity index (χ1) is 19.3. The van der Waals surface area contributed by atoms with Gasteiger partial charge in [-0.1, -0.05) is 45.0 Å². The van der Waals surface area contributed by atoms with Crippen LogP contribution < -0.4 is 4.74 Å². The van der Waals surface area contributed by atoms with Crippen molar-refractivity contribution in [2.45, 2.75) is 103 Å². The Morgan fingerprint density at radius 3 is 2.20 bits per heavy atom. The maximum Gasteiger partial charge on any atom is 0.306 e. The third kappa shape index (κ3) is 8.03. The topological polar surface area (TPSA) is 96.3 Å². The van der Waals surface area contributed by atoms with Gasteiger partial charge in [-0.3, -0.25) is 9.59 Å². The fourth-order valence-electron chi connectivity index (χ4n) is 6.49. The van der Waals surface area contributed by atoms with Crippen molar-refractivity contribution in [3.05, 3.63) is 59.7 Å². The number of phenols is 1. The maximum absolute atomic E-state index is 13.7. The molecule has 2 aromatic rings. The first-order valence-corrected chi connectivity index (χ1v) is 15.0. The summed E-state index contributed by atoms with van der Waals surface area (Å²) in [6, 6.07) is 15.5. The predicted octanol–water partition coefficient (Wildman–Crippen LogP) is 6.71. The van der Waals surface area contributed by atoms with Crippen LogP contribution in [0, 0.1) is 11.3 Å². The summed E-state index contributed by atoms with van der Waals surface area (Å²) in [5, 5.41) is 19.2. The molecule has 0 radical (unpaired) electrons. The Balaban J connectivity index is 1.47. The van der Waals surface area contributed by atoms with E-state index in [2.05, 4.69) is 13.8 Å². The van der Waals surface area contributed by atoms with Crippen molar-refractivity contribution in [1.29, 1.82) is 0 Å². The van der Waals surface area contributed by atoms with Gasteiger partial charge < -0.3 is 24.6 Å². The van der Waals surface area contributed by atoms with Crippen LogP contribution in [0.2, 0.25) is 0 Å². The summed E-state index contributed by atoms with van der Waals surface area (Å²) in [6.07, 6.45) is 5.33. The second-order valence-electron chi connectivity index (χ2n) is 13.7. The molecular formula is C34H47NO6. The minimum absolute atomic E-state index is 0.0372. The van der Waals surface area contributed by atoms with Gasteiger partial charge in [0.15, 0.2) is 0 Å². The standard InChI is InChI=1S/C34H47NO6/c1-32(2,3)31(39)35(20-18-34(19-21-40-33(4,5)23-34)26-10-12-27(36)13-11-26)22-24-6-14-28(15-7-24)41-29-16-8-25(9-17-29)30(37)38/h6-7,10-15,25,29,36H,8-9,16-23H2,1-5H3,(H,37,38). The van der Waals surface area contributed by atoms with Gasteiger partial charge in [-0.25, -0.2) is 0 Å². The fourth-order valence-corrected chi connectivity index (χ4v) is 6.49. The predicted molar refractivity (Wildman–Crippen MR) is 159 cm³/mol. The molecule has 4 rings (SSSR count). The summed E-state index contributed by atoms with van der Waals surface area (Å²) in [6.45, 7) is 11.9. The number of nitrogens with zero attached hydrogens (tertiary/aromatic N) is 1. The van der Waals surface area contributed by atoms with Crippen LogP contribution in [0.3, 0.4) is 0 Å². The number of amides is 1. The Kier molecular flexibility index (Phi) is 9.37. The van der Waals surface area contributed by atoms with Gasteiger partial charge in [0.2, 0.25) is 5.91 Å². The molecule has 0 aromatic heterocycles. The van der Waals surface area contributed by atoms with Crippen molar-refractivity contribution >= 4 is 11.9 Å². The van der Waals surface area contributed by atoms with Crippen molar-refractivity contribution in [2.24, 2.45) is 11.3 Å². The third-order valence-electron chi connectivity index (χ3n) is 8.73. The largest absolute Gasteiger partial charge is 0.508 e. The number of benzene rings is 2. The first kappa shape index (κ1) is 30.9. The van der Waals surface area contributed by atoms with Gasteiger partial charge in [0.05, 0.1) is 17.6 Å². The number of carbonyl (C=O) groups is 2. The summed E-state index contributed by atoms with van der Waals surface area (Å²) in [4.78, 5) is 26.9. The second kappa shape index (κ2) is 12.4. The molecule has 2 fully saturated rings. The van der Waals surface area contributed by atoms with Crippen LogP contribution in [0.5, 0.6) is 11.5 Å². The number of ether oxygens (including phenoxy) is 2. The van der Waals surface area contributed by atoms with Gasteiger partial charge in [0.25, 0.3) is 0 Å². The van der Waals surface area contributed by atoms with Crippen LogP contribution in [-0.4, -0.2) is 51.8 Å². The van der Waals surface area contributed by atoms with E-state index in [9.17, 15) is 19.8 Å². The van der Waals surface area contributed by atoms with Gasteiger partial charge >= 0.3 is 5.97 Å². The Bertz CT molecular complexity index is 1180. The van der Waals surface area contributed by atoms with E-state index in [4.69, 9.17) is 9.47 Å². The number of rotatable bonds is 9. The zero-order chi connectivity index (χ0) is 29.8. The summed E-state index contributed by atoms with van der Waals surface area (Å²) in [5.41, 5.74) is 1.25. The summed E-state index contributed by atoms with van der Waals surface area (Å²) in [5.74, 6) is 0.165. The van der Waals surface area contributed by atoms with Gasteiger partial charge in [0.1, 0.15) is 11.5 Å². The highest BCUT2D eigenvalue weighted by atomic mass is 16.5. The number of hydrogen-bond acceptors (Lipinski definition) is 5. The zero-order valence-electron chi connectivity index (χ0n) is 25.3. The number of aromatic hydroxyl groups is 1. The quantitative estimate of drug-likeness (QED) is 0.351. The fraction of sp³-hybridized carbons (Fsp3) is 0.588. The molecule has 2 N–H and O–H groups in total. The molecule has 7 heteroatoms. The summed E-state index contributed by atoms with van der Waals surface area (Å²) >= 11 is 0. The molecule has 1 unspecified atom stereocenters. The maximum atomic E-state index is 13.7. The van der Waals surface area contributed by atoms with E-state index in [1.165, 1.54) is 5.56 Å². The van der Waals surface area contributed by atoms with E-state index in [1.54, 1.807) is 12.1 Å². The van der Waals surface area contributed by atoms with Crippen LogP contribution in [0.25, 0.3) is 0 Å². The van der Waals surface area contributed by atoms with Crippen LogP contribution in [-0.2, 0) is 26.3 Å². The molecule has 1 amide bonds. The molecule has 2 aliphatic rings. The van der Waals surface area contributed by atoms with Gasteiger partial charge in [-0.05, 0) is 94.2 Å². The Hall–Kier alpha value is -3.06. The minimum Gasteiger partial charge on any atom is -0.508 e. The molecule has 224 valence electrons.